The van der Waals surface area contributed by atoms with E-state index in [1.165, 1.54) is 320 Å². The number of unbranched alkanes of at least 4 members (excludes halogenated alkanes) is 46. The molecule has 0 heterocycles. The van der Waals surface area contributed by atoms with Crippen molar-refractivity contribution < 1.29 is 0 Å². The van der Waals surface area contributed by atoms with E-state index in [-0.39, 0.29) is 0 Å². The lowest BCUT2D eigenvalue weighted by Crippen LogP contribution is -1.87. The van der Waals surface area contributed by atoms with Crippen LogP contribution in [-0.4, -0.2) is 11.5 Å². The first-order chi connectivity index (χ1) is 27.8. The summed E-state index contributed by atoms with van der Waals surface area (Å²) in [5.74, 6) is 3.72. The second-order valence-corrected chi connectivity index (χ2v) is 20.5. The Hall–Kier alpha value is 0.350. The highest BCUT2D eigenvalue weighted by molar-refractivity contribution is 7.99. The van der Waals surface area contributed by atoms with Crippen LogP contribution in [-0.2, 0) is 0 Å². The highest BCUT2D eigenvalue weighted by atomic mass is 32.2. The summed E-state index contributed by atoms with van der Waals surface area (Å²) in [5, 5.41) is 0. The molecule has 0 saturated carbocycles. The molecule has 0 bridgehead atoms. The minimum Gasteiger partial charge on any atom is -0.162 e. The van der Waals surface area contributed by atoms with Crippen LogP contribution >= 0.6 is 11.8 Å². The predicted octanol–water partition coefficient (Wildman–Crippen LogP) is 21.3. The van der Waals surface area contributed by atoms with Crippen molar-refractivity contribution in [3.8, 4) is 0 Å². The molecule has 0 aromatic heterocycles. The standard InChI is InChI=1S/C55H111S/c1-4-5-6-7-8-9-10-11-12-13-14-15-16-17-18-20-23-26-29-32-35-38-41-44-47-50-53-56-54-51-48-45-42-39-36-33-30-27-24-21-19-22-25-28-31-34-37-40-43-46-49-52-55(2)3/h55H,1,4-54H2,2-3H3. The fourth-order valence-electron chi connectivity index (χ4n) is 8.84. The molecule has 0 aliphatic carbocycles. The summed E-state index contributed by atoms with van der Waals surface area (Å²) >= 11 is 2.24. The summed E-state index contributed by atoms with van der Waals surface area (Å²) in [6.07, 6.45) is 72.1. The molecular weight excluding hydrogens is 693 g/mol. The van der Waals surface area contributed by atoms with Gasteiger partial charge in [0, 0.05) is 0 Å². The van der Waals surface area contributed by atoms with Gasteiger partial charge in [-0.05, 0) is 30.3 Å². The van der Waals surface area contributed by atoms with Crippen molar-refractivity contribution in [1.82, 2.24) is 0 Å². The highest BCUT2D eigenvalue weighted by Gasteiger charge is 2.00. The first-order valence-electron chi connectivity index (χ1n) is 27.1. The van der Waals surface area contributed by atoms with E-state index in [4.69, 9.17) is 0 Å². The lowest BCUT2D eigenvalue weighted by Gasteiger charge is -2.05. The van der Waals surface area contributed by atoms with E-state index in [2.05, 4.69) is 32.5 Å². The van der Waals surface area contributed by atoms with Crippen LogP contribution in [0.15, 0.2) is 0 Å². The van der Waals surface area contributed by atoms with E-state index in [1.54, 1.807) is 0 Å². The molecule has 0 aromatic rings. The second-order valence-electron chi connectivity index (χ2n) is 19.3. The van der Waals surface area contributed by atoms with E-state index in [1.807, 2.05) is 0 Å². The smallest absolute Gasteiger partial charge is 0.00675 e. The number of thioether (sulfide) groups is 1. The number of hydrogen-bond acceptors (Lipinski definition) is 1. The predicted molar refractivity (Wildman–Crippen MR) is 264 cm³/mol. The molecule has 0 amide bonds. The van der Waals surface area contributed by atoms with Gasteiger partial charge in [0.05, 0.1) is 0 Å². The van der Waals surface area contributed by atoms with Gasteiger partial charge in [0.1, 0.15) is 0 Å². The van der Waals surface area contributed by atoms with Crippen molar-refractivity contribution >= 4 is 11.8 Å². The summed E-state index contributed by atoms with van der Waals surface area (Å²) in [4.78, 5) is 0. The first kappa shape index (κ1) is 56.4. The van der Waals surface area contributed by atoms with Crippen molar-refractivity contribution in [2.45, 2.75) is 328 Å². The van der Waals surface area contributed by atoms with Gasteiger partial charge in [0.25, 0.3) is 0 Å². The van der Waals surface area contributed by atoms with Gasteiger partial charge in [-0.25, -0.2) is 0 Å². The molecule has 56 heavy (non-hydrogen) atoms. The Balaban J connectivity index is 3.05. The lowest BCUT2D eigenvalue weighted by atomic mass is 10.0. The largest absolute Gasteiger partial charge is 0.162 e. The van der Waals surface area contributed by atoms with Crippen molar-refractivity contribution in [1.29, 1.82) is 0 Å². The third kappa shape index (κ3) is 54.3. The van der Waals surface area contributed by atoms with Crippen molar-refractivity contribution in [2.75, 3.05) is 11.5 Å². The summed E-state index contributed by atoms with van der Waals surface area (Å²) in [6, 6.07) is 0. The zero-order valence-corrected chi connectivity index (χ0v) is 40.6. The molecule has 0 rings (SSSR count). The Morgan fingerprint density at radius 2 is 0.393 bits per heavy atom. The fourth-order valence-corrected chi connectivity index (χ4v) is 9.86. The Bertz CT molecular complexity index is 641. The second kappa shape index (κ2) is 53.4. The monoisotopic (exact) mass is 804 g/mol. The molecule has 1 radical (unpaired) electrons. The van der Waals surface area contributed by atoms with Gasteiger partial charge < -0.3 is 0 Å². The molecule has 0 aliphatic rings. The average molecular weight is 805 g/mol. The van der Waals surface area contributed by atoms with Gasteiger partial charge in [-0.1, -0.05) is 323 Å². The van der Waals surface area contributed by atoms with Gasteiger partial charge in [-0.15, -0.1) is 0 Å². The summed E-state index contributed by atoms with van der Waals surface area (Å²) < 4.78 is 0. The zero-order chi connectivity index (χ0) is 40.3. The lowest BCUT2D eigenvalue weighted by molar-refractivity contribution is 0.500. The maximum absolute atomic E-state index is 3.94. The minimum atomic E-state index is 0.895. The van der Waals surface area contributed by atoms with Crippen LogP contribution in [0.2, 0.25) is 0 Å². The highest BCUT2D eigenvalue weighted by Crippen LogP contribution is 2.19. The maximum atomic E-state index is 3.94. The topological polar surface area (TPSA) is 0 Å². The van der Waals surface area contributed by atoms with E-state index < -0.39 is 0 Å². The summed E-state index contributed by atoms with van der Waals surface area (Å²) in [7, 11) is 0. The van der Waals surface area contributed by atoms with Crippen molar-refractivity contribution in [3.05, 3.63) is 6.92 Å². The average Bonchev–Trinajstić information content (AvgIpc) is 3.20. The van der Waals surface area contributed by atoms with Crippen LogP contribution in [0.25, 0.3) is 0 Å². The number of hydrogen-bond donors (Lipinski definition) is 0. The van der Waals surface area contributed by atoms with Gasteiger partial charge in [0.15, 0.2) is 0 Å². The molecule has 0 fully saturated rings. The van der Waals surface area contributed by atoms with E-state index >= 15 is 0 Å². The Labute approximate surface area is 363 Å². The zero-order valence-electron chi connectivity index (χ0n) is 39.8. The molecule has 0 N–H and O–H groups in total. The quantitative estimate of drug-likeness (QED) is 0.0552. The third-order valence-electron chi connectivity index (χ3n) is 12.9. The molecule has 337 valence electrons. The van der Waals surface area contributed by atoms with Gasteiger partial charge in [0.2, 0.25) is 0 Å². The summed E-state index contributed by atoms with van der Waals surface area (Å²) in [5.41, 5.74) is 0. The first-order valence-corrected chi connectivity index (χ1v) is 28.3. The van der Waals surface area contributed by atoms with E-state index in [0.717, 1.165) is 12.3 Å². The van der Waals surface area contributed by atoms with Gasteiger partial charge in [-0.3, -0.25) is 0 Å². The van der Waals surface area contributed by atoms with Crippen molar-refractivity contribution in [3.63, 3.8) is 0 Å². The van der Waals surface area contributed by atoms with E-state index in [0.29, 0.717) is 0 Å². The van der Waals surface area contributed by atoms with Crippen LogP contribution in [0.4, 0.5) is 0 Å². The Morgan fingerprint density at radius 1 is 0.232 bits per heavy atom. The Morgan fingerprint density at radius 3 is 0.571 bits per heavy atom. The van der Waals surface area contributed by atoms with Crippen LogP contribution in [0.5, 0.6) is 0 Å². The number of rotatable bonds is 52. The molecule has 1 heteroatoms. The molecular formula is C55H111S. The Kier molecular flexibility index (Phi) is 53.7. The van der Waals surface area contributed by atoms with Gasteiger partial charge in [-0.2, -0.15) is 11.8 Å². The van der Waals surface area contributed by atoms with Crippen molar-refractivity contribution in [2.24, 2.45) is 5.92 Å². The molecule has 0 aromatic carbocycles. The molecule has 0 nitrogen and oxygen atoms in total. The molecule has 0 aliphatic heterocycles. The molecule has 0 atom stereocenters. The minimum absolute atomic E-state index is 0.895. The fraction of sp³-hybridized carbons (Fsp3) is 0.982. The molecule has 0 unspecified atom stereocenters. The van der Waals surface area contributed by atoms with Gasteiger partial charge >= 0.3 is 0 Å². The van der Waals surface area contributed by atoms with Crippen LogP contribution < -0.4 is 0 Å². The molecule has 0 saturated heterocycles. The third-order valence-corrected chi connectivity index (χ3v) is 14.0. The van der Waals surface area contributed by atoms with Crippen LogP contribution in [0.3, 0.4) is 0 Å². The maximum Gasteiger partial charge on any atom is -0.00675 e. The van der Waals surface area contributed by atoms with Crippen LogP contribution in [0, 0.1) is 12.8 Å². The SMILES string of the molecule is [CH2]CCCCCCCCCCCCCCCCCCCCCCCCCCCSCCCCCCCCCCCCCCCCCCCCCCCCC(C)C. The van der Waals surface area contributed by atoms with Crippen LogP contribution in [0.1, 0.15) is 328 Å². The normalized spacial score (nSPS) is 11.8. The molecule has 0 spiro atoms. The summed E-state index contributed by atoms with van der Waals surface area (Å²) in [6.45, 7) is 8.65. The van der Waals surface area contributed by atoms with E-state index in [9.17, 15) is 0 Å².